The lowest BCUT2D eigenvalue weighted by Gasteiger charge is -2.11. The molecule has 0 aliphatic heterocycles. The van der Waals surface area contributed by atoms with Crippen LogP contribution in [0.25, 0.3) is 0 Å². The van der Waals surface area contributed by atoms with Crippen molar-refractivity contribution in [2.24, 2.45) is 0 Å². The minimum absolute atomic E-state index is 0.0651. The number of rotatable bonds is 3. The van der Waals surface area contributed by atoms with Crippen molar-refractivity contribution in [1.29, 1.82) is 5.26 Å². The summed E-state index contributed by atoms with van der Waals surface area (Å²) in [5.74, 6) is -0.694. The van der Waals surface area contributed by atoms with Gasteiger partial charge in [-0.15, -0.1) is 0 Å². The zero-order valence-electron chi connectivity index (χ0n) is 7.87. The summed E-state index contributed by atoms with van der Waals surface area (Å²) >= 11 is 0. The van der Waals surface area contributed by atoms with Gasteiger partial charge >= 0.3 is 0 Å². The second kappa shape index (κ2) is 4.55. The minimum atomic E-state index is -2.87. The lowest BCUT2D eigenvalue weighted by atomic mass is 10.1. The first-order valence-electron chi connectivity index (χ1n) is 4.01. The smallest absolute Gasteiger partial charge is 0.267 e. The molecule has 0 aliphatic carbocycles. The van der Waals surface area contributed by atoms with Crippen LogP contribution in [0.2, 0.25) is 0 Å². The molecule has 0 aromatic carbocycles. The summed E-state index contributed by atoms with van der Waals surface area (Å²) in [5.41, 5.74) is -0.668. The standard InChI is InChI=1S/C9H8F2N2O2/c1-15-9-5(2-3-12)7(8(10)11)6(14)4-13-9/h4,8,14H,2H2,1H3. The van der Waals surface area contributed by atoms with E-state index < -0.39 is 17.7 Å². The van der Waals surface area contributed by atoms with Crippen LogP contribution >= 0.6 is 0 Å². The predicted molar refractivity (Wildman–Crippen MR) is 46.7 cm³/mol. The van der Waals surface area contributed by atoms with Gasteiger partial charge in [-0.05, 0) is 0 Å². The molecule has 0 spiro atoms. The maximum Gasteiger partial charge on any atom is 0.267 e. The minimum Gasteiger partial charge on any atom is -0.506 e. The Morgan fingerprint density at radius 2 is 2.33 bits per heavy atom. The Kier molecular flexibility index (Phi) is 3.39. The van der Waals surface area contributed by atoms with Crippen LogP contribution in [-0.2, 0) is 6.42 Å². The summed E-state index contributed by atoms with van der Waals surface area (Å²) in [6.45, 7) is 0. The molecule has 1 aromatic heterocycles. The van der Waals surface area contributed by atoms with Gasteiger partial charge in [0, 0.05) is 5.56 Å². The molecule has 1 rings (SSSR count). The molecule has 80 valence electrons. The molecule has 0 saturated heterocycles. The average Bonchev–Trinajstić information content (AvgIpc) is 2.18. The summed E-state index contributed by atoms with van der Waals surface area (Å²) in [6.07, 6.45) is -2.28. The van der Waals surface area contributed by atoms with Crippen molar-refractivity contribution in [2.45, 2.75) is 12.8 Å². The van der Waals surface area contributed by atoms with Crippen LogP contribution in [0.1, 0.15) is 17.6 Å². The molecule has 1 aromatic rings. The molecule has 1 heterocycles. The van der Waals surface area contributed by atoms with Crippen molar-refractivity contribution in [3.8, 4) is 17.7 Å². The molecule has 1 N–H and O–H groups in total. The summed E-state index contributed by atoms with van der Waals surface area (Å²) in [6, 6.07) is 1.72. The second-order valence-electron chi connectivity index (χ2n) is 2.68. The lowest BCUT2D eigenvalue weighted by molar-refractivity contribution is 0.145. The number of aromatic hydroxyl groups is 1. The van der Waals surface area contributed by atoms with Gasteiger partial charge in [-0.1, -0.05) is 0 Å². The highest BCUT2D eigenvalue weighted by Gasteiger charge is 2.22. The van der Waals surface area contributed by atoms with Crippen molar-refractivity contribution < 1.29 is 18.6 Å². The van der Waals surface area contributed by atoms with E-state index >= 15 is 0 Å². The molecule has 0 unspecified atom stereocenters. The highest BCUT2D eigenvalue weighted by atomic mass is 19.3. The van der Waals surface area contributed by atoms with E-state index in [1.165, 1.54) is 7.11 Å². The Labute approximate surface area is 84.7 Å². The van der Waals surface area contributed by atoms with E-state index in [4.69, 9.17) is 10.00 Å². The molecule has 6 heteroatoms. The van der Waals surface area contributed by atoms with Gasteiger partial charge in [0.2, 0.25) is 5.88 Å². The molecule has 0 saturated carbocycles. The Bertz CT molecular complexity index is 402. The van der Waals surface area contributed by atoms with Crippen LogP contribution in [0.15, 0.2) is 6.20 Å². The van der Waals surface area contributed by atoms with E-state index in [0.717, 1.165) is 6.20 Å². The van der Waals surface area contributed by atoms with E-state index in [9.17, 15) is 13.9 Å². The van der Waals surface area contributed by atoms with Crippen molar-refractivity contribution in [3.63, 3.8) is 0 Å². The second-order valence-corrected chi connectivity index (χ2v) is 2.68. The normalized spacial score (nSPS) is 10.1. The van der Waals surface area contributed by atoms with Crippen molar-refractivity contribution in [3.05, 3.63) is 17.3 Å². The fourth-order valence-electron chi connectivity index (χ4n) is 1.21. The van der Waals surface area contributed by atoms with Crippen LogP contribution in [0.3, 0.4) is 0 Å². The summed E-state index contributed by atoms with van der Waals surface area (Å²) in [5, 5.41) is 17.7. The first-order chi connectivity index (χ1) is 7.11. The Morgan fingerprint density at radius 3 is 2.80 bits per heavy atom. The number of aromatic nitrogens is 1. The van der Waals surface area contributed by atoms with Gasteiger partial charge in [-0.2, -0.15) is 5.26 Å². The first kappa shape index (κ1) is 11.2. The molecule has 0 amide bonds. The highest BCUT2D eigenvalue weighted by molar-refractivity contribution is 5.45. The number of nitrogens with zero attached hydrogens (tertiary/aromatic N) is 2. The SMILES string of the molecule is COc1ncc(O)c(C(F)F)c1CC#N. The van der Waals surface area contributed by atoms with Gasteiger partial charge < -0.3 is 9.84 Å². The van der Waals surface area contributed by atoms with E-state index in [-0.39, 0.29) is 17.9 Å². The van der Waals surface area contributed by atoms with E-state index in [1.807, 2.05) is 0 Å². The maximum atomic E-state index is 12.6. The largest absolute Gasteiger partial charge is 0.506 e. The van der Waals surface area contributed by atoms with Crippen LogP contribution in [0.5, 0.6) is 11.6 Å². The van der Waals surface area contributed by atoms with Crippen LogP contribution < -0.4 is 4.74 Å². The highest BCUT2D eigenvalue weighted by Crippen LogP contribution is 2.35. The molecular weight excluding hydrogens is 206 g/mol. The lowest BCUT2D eigenvalue weighted by Crippen LogP contribution is -2.01. The molecule has 4 nitrogen and oxygen atoms in total. The molecule has 0 atom stereocenters. The molecule has 0 fully saturated rings. The predicted octanol–water partition coefficient (Wildman–Crippen LogP) is 1.80. The number of halogens is 2. The Morgan fingerprint density at radius 1 is 1.67 bits per heavy atom. The third kappa shape index (κ3) is 2.13. The fraction of sp³-hybridized carbons (Fsp3) is 0.333. The van der Waals surface area contributed by atoms with E-state index in [0.29, 0.717) is 0 Å². The Hall–Kier alpha value is -1.90. The fourth-order valence-corrected chi connectivity index (χ4v) is 1.21. The number of ether oxygens (including phenoxy) is 1. The number of pyridine rings is 1. The van der Waals surface area contributed by atoms with Crippen molar-refractivity contribution in [2.75, 3.05) is 7.11 Å². The zero-order valence-corrected chi connectivity index (χ0v) is 7.87. The van der Waals surface area contributed by atoms with Gasteiger partial charge in [0.05, 0.1) is 31.4 Å². The molecule has 0 aliphatic rings. The first-order valence-corrected chi connectivity index (χ1v) is 4.01. The number of methoxy groups -OCH3 is 1. The quantitative estimate of drug-likeness (QED) is 0.833. The van der Waals surface area contributed by atoms with Gasteiger partial charge in [0.25, 0.3) is 6.43 Å². The maximum absolute atomic E-state index is 12.6. The van der Waals surface area contributed by atoms with Gasteiger partial charge in [0.15, 0.2) is 0 Å². The Balaban J connectivity index is 3.38. The third-order valence-corrected chi connectivity index (χ3v) is 1.83. The van der Waals surface area contributed by atoms with Gasteiger partial charge in [0.1, 0.15) is 5.75 Å². The van der Waals surface area contributed by atoms with Crippen molar-refractivity contribution >= 4 is 0 Å². The number of hydrogen-bond donors (Lipinski definition) is 1. The van der Waals surface area contributed by atoms with Gasteiger partial charge in [-0.3, -0.25) is 0 Å². The number of nitriles is 1. The molecule has 15 heavy (non-hydrogen) atoms. The monoisotopic (exact) mass is 214 g/mol. The van der Waals surface area contributed by atoms with E-state index in [2.05, 4.69) is 4.98 Å². The zero-order chi connectivity index (χ0) is 11.4. The van der Waals surface area contributed by atoms with Gasteiger partial charge in [-0.25, -0.2) is 13.8 Å². The molecule has 0 bridgehead atoms. The number of hydrogen-bond acceptors (Lipinski definition) is 4. The summed E-state index contributed by atoms with van der Waals surface area (Å²) in [4.78, 5) is 3.60. The average molecular weight is 214 g/mol. The van der Waals surface area contributed by atoms with Crippen molar-refractivity contribution in [1.82, 2.24) is 4.98 Å². The topological polar surface area (TPSA) is 66.1 Å². The number of alkyl halides is 2. The van der Waals surface area contributed by atoms with Crippen LogP contribution in [-0.4, -0.2) is 17.2 Å². The summed E-state index contributed by atoms with van der Waals surface area (Å²) in [7, 11) is 1.26. The summed E-state index contributed by atoms with van der Waals surface area (Å²) < 4.78 is 29.9. The molecule has 0 radical (unpaired) electrons. The third-order valence-electron chi connectivity index (χ3n) is 1.83. The molecular formula is C9H8F2N2O2. The van der Waals surface area contributed by atoms with E-state index in [1.54, 1.807) is 6.07 Å². The van der Waals surface area contributed by atoms with Crippen LogP contribution in [0.4, 0.5) is 8.78 Å². The van der Waals surface area contributed by atoms with Crippen LogP contribution in [0, 0.1) is 11.3 Å².